The summed E-state index contributed by atoms with van der Waals surface area (Å²) in [4.78, 5) is 2.00. The molecule has 0 bridgehead atoms. The molecule has 0 unspecified atom stereocenters. The molecular weight excluding hydrogens is 310 g/mol. The summed E-state index contributed by atoms with van der Waals surface area (Å²) in [5, 5.41) is 17.9. The highest BCUT2D eigenvalue weighted by molar-refractivity contribution is 7.11. The minimum absolute atomic E-state index is 0.170. The van der Waals surface area contributed by atoms with E-state index in [4.69, 9.17) is 10.5 Å². The van der Waals surface area contributed by atoms with Crippen LogP contribution in [0, 0.1) is 31.7 Å². The van der Waals surface area contributed by atoms with Crippen molar-refractivity contribution in [2.45, 2.75) is 0 Å². The number of nitriles is 2. The van der Waals surface area contributed by atoms with Crippen LogP contribution in [0.15, 0.2) is 48.8 Å². The molecule has 106 valence electrons. The van der Waals surface area contributed by atoms with Crippen molar-refractivity contribution >= 4 is 33.8 Å². The van der Waals surface area contributed by atoms with Crippen LogP contribution in [0.25, 0.3) is 11.1 Å². The molecule has 3 nitrogen and oxygen atoms in total. The summed E-state index contributed by atoms with van der Waals surface area (Å²) in [5.41, 5.74) is 1.36. The predicted molar refractivity (Wildman–Crippen MR) is 89.6 cm³/mol. The Bertz CT molecular complexity index is 1040. The van der Waals surface area contributed by atoms with E-state index in [1.54, 1.807) is 11.3 Å². The number of nitrogens with zero attached hydrogens (tertiary/aromatic N) is 3. The van der Waals surface area contributed by atoms with Gasteiger partial charge in [0.1, 0.15) is 17.7 Å². The first kappa shape index (κ1) is 14.3. The van der Waals surface area contributed by atoms with Crippen molar-refractivity contribution in [1.29, 1.82) is 10.5 Å². The van der Waals surface area contributed by atoms with Gasteiger partial charge in [-0.3, -0.25) is 0 Å². The van der Waals surface area contributed by atoms with Crippen molar-refractivity contribution < 1.29 is 0 Å². The molecule has 0 N–H and O–H groups in total. The summed E-state index contributed by atoms with van der Waals surface area (Å²) in [6.07, 6.45) is 8.23. The van der Waals surface area contributed by atoms with Gasteiger partial charge in [-0.2, -0.15) is 10.5 Å². The highest BCUT2D eigenvalue weighted by Gasteiger charge is 2.00. The fourth-order valence-corrected chi connectivity index (χ4v) is 4.08. The van der Waals surface area contributed by atoms with Gasteiger partial charge in [0, 0.05) is 33.0 Å². The van der Waals surface area contributed by atoms with Crippen LogP contribution in [0.3, 0.4) is 0 Å². The summed E-state index contributed by atoms with van der Waals surface area (Å²) < 4.78 is 4.16. The Balaban J connectivity index is 2.21. The number of allylic oxidation sites excluding steroid dienone is 2. The molecule has 0 fully saturated rings. The van der Waals surface area contributed by atoms with Gasteiger partial charge in [-0.1, -0.05) is 0 Å². The standard InChI is InChI=1S/C17H11N3S2/c1-20-8-6-12(7-9-20)14-2-4-16(21-14)17-5-3-15(22-17)13(10-18)11-19/h2-9H,1H3/b17-16-. The molecule has 22 heavy (non-hydrogen) atoms. The lowest BCUT2D eigenvalue weighted by atomic mass is 10.2. The van der Waals surface area contributed by atoms with E-state index >= 15 is 0 Å². The Morgan fingerprint density at radius 2 is 1.50 bits per heavy atom. The summed E-state index contributed by atoms with van der Waals surface area (Å²) in [6.45, 7) is 0. The Morgan fingerprint density at radius 3 is 2.18 bits per heavy atom. The Hall–Kier alpha value is -2.60. The van der Waals surface area contributed by atoms with E-state index in [0.29, 0.717) is 0 Å². The van der Waals surface area contributed by atoms with Crippen LogP contribution >= 0.6 is 22.7 Å². The maximum Gasteiger partial charge on any atom is 0.146 e. The second kappa shape index (κ2) is 6.03. The third kappa shape index (κ3) is 2.73. The van der Waals surface area contributed by atoms with Crippen molar-refractivity contribution in [1.82, 2.24) is 4.90 Å². The summed E-state index contributed by atoms with van der Waals surface area (Å²) in [6, 6.07) is 11.9. The minimum atomic E-state index is 0.170. The SMILES string of the molecule is CN1C=CC(=c2cc/c(=c3\ccc(=C(C#N)C#N)s3)s2)C=C1. The molecule has 0 aliphatic carbocycles. The van der Waals surface area contributed by atoms with Crippen LogP contribution in [-0.2, 0) is 0 Å². The zero-order chi connectivity index (χ0) is 15.5. The van der Waals surface area contributed by atoms with Crippen molar-refractivity contribution in [2.24, 2.45) is 0 Å². The topological polar surface area (TPSA) is 50.8 Å². The second-order valence-electron chi connectivity index (χ2n) is 4.68. The quantitative estimate of drug-likeness (QED) is 0.749. The molecule has 0 radical (unpaired) electrons. The van der Waals surface area contributed by atoms with Crippen LogP contribution in [0.4, 0.5) is 0 Å². The van der Waals surface area contributed by atoms with Gasteiger partial charge in [0.25, 0.3) is 0 Å². The van der Waals surface area contributed by atoms with Gasteiger partial charge in [-0.15, -0.1) is 22.7 Å². The third-order valence-corrected chi connectivity index (χ3v) is 5.62. The van der Waals surface area contributed by atoms with E-state index in [1.165, 1.54) is 21.4 Å². The van der Waals surface area contributed by atoms with Crippen LogP contribution in [-0.4, -0.2) is 11.9 Å². The zero-order valence-electron chi connectivity index (χ0n) is 11.8. The molecule has 2 aromatic rings. The van der Waals surface area contributed by atoms with E-state index in [9.17, 15) is 0 Å². The monoisotopic (exact) mass is 321 g/mol. The molecule has 2 aromatic heterocycles. The molecule has 5 heteroatoms. The van der Waals surface area contributed by atoms with Gasteiger partial charge in [0.15, 0.2) is 0 Å². The fraction of sp³-hybridized carbons (Fsp3) is 0.0588. The molecule has 0 spiro atoms. The number of rotatable bonds is 0. The largest absolute Gasteiger partial charge is 0.357 e. The number of hydrogen-bond acceptors (Lipinski definition) is 5. The molecule has 0 saturated carbocycles. The molecule has 0 atom stereocenters. The van der Waals surface area contributed by atoms with Crippen molar-refractivity contribution in [3.8, 4) is 12.1 Å². The summed E-state index contributed by atoms with van der Waals surface area (Å²) in [5.74, 6) is 0. The number of thiophene rings is 2. The van der Waals surface area contributed by atoms with Gasteiger partial charge in [-0.05, 0) is 42.0 Å². The molecule has 0 saturated heterocycles. The molecule has 1 aliphatic rings. The first-order valence-corrected chi connectivity index (χ1v) is 8.18. The van der Waals surface area contributed by atoms with E-state index in [2.05, 4.69) is 24.3 Å². The van der Waals surface area contributed by atoms with Gasteiger partial charge < -0.3 is 4.90 Å². The van der Waals surface area contributed by atoms with Crippen LogP contribution in [0.5, 0.6) is 0 Å². The average Bonchev–Trinajstić information content (AvgIpc) is 3.18. The molecular formula is C17H11N3S2. The first-order chi connectivity index (χ1) is 10.7. The van der Waals surface area contributed by atoms with Gasteiger partial charge >= 0.3 is 0 Å². The fourth-order valence-electron chi connectivity index (χ4n) is 2.03. The lowest BCUT2D eigenvalue weighted by Gasteiger charge is -2.11. The maximum atomic E-state index is 8.93. The van der Waals surface area contributed by atoms with Crippen molar-refractivity contribution in [3.05, 3.63) is 66.9 Å². The van der Waals surface area contributed by atoms with E-state index in [0.717, 1.165) is 13.6 Å². The van der Waals surface area contributed by atoms with E-state index in [-0.39, 0.29) is 5.57 Å². The lowest BCUT2D eigenvalue weighted by molar-refractivity contribution is 0.623. The van der Waals surface area contributed by atoms with E-state index < -0.39 is 0 Å². The first-order valence-electron chi connectivity index (χ1n) is 6.54. The smallest absolute Gasteiger partial charge is 0.146 e. The predicted octanol–water partition coefficient (Wildman–Crippen LogP) is 2.42. The zero-order valence-corrected chi connectivity index (χ0v) is 13.4. The van der Waals surface area contributed by atoms with Gasteiger partial charge in [-0.25, -0.2) is 0 Å². The Labute approximate surface area is 135 Å². The van der Waals surface area contributed by atoms with E-state index in [1.807, 2.05) is 48.6 Å². The van der Waals surface area contributed by atoms with Crippen molar-refractivity contribution in [2.75, 3.05) is 7.05 Å². The molecule has 3 rings (SSSR count). The molecule has 0 amide bonds. The van der Waals surface area contributed by atoms with Crippen LogP contribution in [0.1, 0.15) is 0 Å². The van der Waals surface area contributed by atoms with Crippen LogP contribution in [0.2, 0.25) is 0 Å². The van der Waals surface area contributed by atoms with Crippen LogP contribution < -0.4 is 9.06 Å². The van der Waals surface area contributed by atoms with Crippen molar-refractivity contribution in [3.63, 3.8) is 0 Å². The highest BCUT2D eigenvalue weighted by atomic mass is 32.1. The normalized spacial score (nSPS) is 14.7. The maximum absolute atomic E-state index is 8.93. The average molecular weight is 321 g/mol. The second-order valence-corrected chi connectivity index (χ2v) is 6.85. The molecule has 1 aliphatic heterocycles. The molecule has 0 aromatic carbocycles. The number of hydrogen-bond donors (Lipinski definition) is 0. The highest BCUT2D eigenvalue weighted by Crippen LogP contribution is 2.10. The van der Waals surface area contributed by atoms with Gasteiger partial charge in [0.2, 0.25) is 0 Å². The Kier molecular flexibility index (Phi) is 3.93. The lowest BCUT2D eigenvalue weighted by Crippen LogP contribution is -2.06. The minimum Gasteiger partial charge on any atom is -0.357 e. The summed E-state index contributed by atoms with van der Waals surface area (Å²) >= 11 is 3.19. The third-order valence-electron chi connectivity index (χ3n) is 3.19. The van der Waals surface area contributed by atoms with Gasteiger partial charge in [0.05, 0.1) is 4.53 Å². The Morgan fingerprint density at radius 1 is 0.909 bits per heavy atom. The molecule has 3 heterocycles. The summed E-state index contributed by atoms with van der Waals surface area (Å²) in [7, 11) is 2.00.